The van der Waals surface area contributed by atoms with E-state index in [1.54, 1.807) is 24.0 Å². The number of rotatable bonds is 3. The second-order valence-electron chi connectivity index (χ2n) is 6.67. The SMILES string of the molecule is Cn1ccc(CN2CCc3ncnc(N4CCOCC4)c3C2)cc1=O. The van der Waals surface area contributed by atoms with Gasteiger partial charge in [-0.3, -0.25) is 9.69 Å². The number of nitrogens with zero attached hydrogens (tertiary/aromatic N) is 5. The molecule has 0 spiro atoms. The topological polar surface area (TPSA) is 63.5 Å². The van der Waals surface area contributed by atoms with E-state index >= 15 is 0 Å². The lowest BCUT2D eigenvalue weighted by Crippen LogP contribution is -2.39. The highest BCUT2D eigenvalue weighted by Crippen LogP contribution is 2.27. The van der Waals surface area contributed by atoms with E-state index in [2.05, 4.69) is 19.8 Å². The molecule has 25 heavy (non-hydrogen) atoms. The van der Waals surface area contributed by atoms with Gasteiger partial charge in [0.25, 0.3) is 5.56 Å². The number of fused-ring (bicyclic) bond motifs is 1. The van der Waals surface area contributed by atoms with Crippen molar-refractivity contribution in [1.29, 1.82) is 0 Å². The fourth-order valence-corrected chi connectivity index (χ4v) is 3.51. The van der Waals surface area contributed by atoms with Crippen LogP contribution in [0.5, 0.6) is 0 Å². The Kier molecular flexibility index (Phi) is 4.50. The molecular weight excluding hydrogens is 318 g/mol. The van der Waals surface area contributed by atoms with Crippen LogP contribution < -0.4 is 10.5 Å². The summed E-state index contributed by atoms with van der Waals surface area (Å²) in [6.45, 7) is 5.77. The van der Waals surface area contributed by atoms with Gasteiger partial charge in [0.15, 0.2) is 0 Å². The molecule has 0 radical (unpaired) electrons. The molecule has 4 rings (SSSR count). The first-order valence-corrected chi connectivity index (χ1v) is 8.74. The van der Waals surface area contributed by atoms with Crippen molar-refractivity contribution < 1.29 is 4.74 Å². The number of anilines is 1. The molecule has 2 aliphatic heterocycles. The minimum Gasteiger partial charge on any atom is -0.378 e. The van der Waals surface area contributed by atoms with E-state index in [1.165, 1.54) is 5.56 Å². The molecule has 0 amide bonds. The third-order valence-electron chi connectivity index (χ3n) is 4.94. The van der Waals surface area contributed by atoms with Crippen LogP contribution in [0.1, 0.15) is 16.8 Å². The van der Waals surface area contributed by atoms with Crippen LogP contribution in [0.3, 0.4) is 0 Å². The van der Waals surface area contributed by atoms with E-state index in [-0.39, 0.29) is 5.56 Å². The summed E-state index contributed by atoms with van der Waals surface area (Å²) in [6, 6.07) is 3.74. The molecular formula is C18H23N5O2. The monoisotopic (exact) mass is 341 g/mol. The van der Waals surface area contributed by atoms with Gasteiger partial charge in [0.1, 0.15) is 12.1 Å². The third kappa shape index (κ3) is 3.43. The Morgan fingerprint density at radius 3 is 2.84 bits per heavy atom. The van der Waals surface area contributed by atoms with Gasteiger partial charge in [0.2, 0.25) is 0 Å². The first-order chi connectivity index (χ1) is 12.2. The zero-order chi connectivity index (χ0) is 17.2. The van der Waals surface area contributed by atoms with Crippen LogP contribution in [0.15, 0.2) is 29.5 Å². The highest BCUT2D eigenvalue weighted by molar-refractivity contribution is 5.49. The molecule has 2 aromatic rings. The van der Waals surface area contributed by atoms with Crippen molar-refractivity contribution in [1.82, 2.24) is 19.4 Å². The van der Waals surface area contributed by atoms with Crippen LogP contribution in [0.25, 0.3) is 0 Å². The Morgan fingerprint density at radius 1 is 1.20 bits per heavy atom. The average molecular weight is 341 g/mol. The maximum atomic E-state index is 11.8. The summed E-state index contributed by atoms with van der Waals surface area (Å²) in [5.41, 5.74) is 3.46. The molecule has 0 aliphatic carbocycles. The summed E-state index contributed by atoms with van der Waals surface area (Å²) < 4.78 is 7.06. The second kappa shape index (κ2) is 6.93. The predicted molar refractivity (Wildman–Crippen MR) is 94.6 cm³/mol. The molecule has 0 atom stereocenters. The molecule has 2 aliphatic rings. The van der Waals surface area contributed by atoms with Crippen LogP contribution in [0, 0.1) is 0 Å². The Bertz CT molecular complexity index is 813. The Morgan fingerprint density at radius 2 is 2.04 bits per heavy atom. The number of hydrogen-bond donors (Lipinski definition) is 0. The van der Waals surface area contributed by atoms with E-state index in [4.69, 9.17) is 4.74 Å². The summed E-state index contributed by atoms with van der Waals surface area (Å²) in [5.74, 6) is 1.04. The first-order valence-electron chi connectivity index (χ1n) is 8.74. The van der Waals surface area contributed by atoms with Gasteiger partial charge in [-0.25, -0.2) is 9.97 Å². The fraction of sp³-hybridized carbons (Fsp3) is 0.500. The van der Waals surface area contributed by atoms with Gasteiger partial charge >= 0.3 is 0 Å². The standard InChI is InChI=1S/C18H23N5O2/c1-21-4-2-14(10-17(21)24)11-22-5-3-16-15(12-22)18(20-13-19-16)23-6-8-25-9-7-23/h2,4,10,13H,3,5-9,11-12H2,1H3. The van der Waals surface area contributed by atoms with Crippen LogP contribution in [-0.2, 0) is 31.3 Å². The molecule has 7 nitrogen and oxygen atoms in total. The minimum absolute atomic E-state index is 0.0345. The molecule has 2 aromatic heterocycles. The van der Waals surface area contributed by atoms with Crippen molar-refractivity contribution in [2.75, 3.05) is 37.7 Å². The van der Waals surface area contributed by atoms with Crippen LogP contribution >= 0.6 is 0 Å². The first kappa shape index (κ1) is 16.2. The fourth-order valence-electron chi connectivity index (χ4n) is 3.51. The maximum absolute atomic E-state index is 11.8. The van der Waals surface area contributed by atoms with E-state index in [1.807, 2.05) is 12.3 Å². The zero-order valence-electron chi connectivity index (χ0n) is 14.5. The number of aromatic nitrogens is 3. The van der Waals surface area contributed by atoms with E-state index in [0.29, 0.717) is 0 Å². The van der Waals surface area contributed by atoms with Crippen molar-refractivity contribution >= 4 is 5.82 Å². The molecule has 7 heteroatoms. The number of aryl methyl sites for hydroxylation is 1. The van der Waals surface area contributed by atoms with Gasteiger partial charge < -0.3 is 14.2 Å². The van der Waals surface area contributed by atoms with Crippen LogP contribution in [0.2, 0.25) is 0 Å². The van der Waals surface area contributed by atoms with Crippen molar-refractivity contribution in [2.24, 2.45) is 7.05 Å². The molecule has 1 fully saturated rings. The van der Waals surface area contributed by atoms with Gasteiger partial charge in [0.05, 0.1) is 18.9 Å². The average Bonchev–Trinajstić information content (AvgIpc) is 2.65. The zero-order valence-corrected chi connectivity index (χ0v) is 14.5. The van der Waals surface area contributed by atoms with Crippen molar-refractivity contribution in [2.45, 2.75) is 19.5 Å². The lowest BCUT2D eigenvalue weighted by molar-refractivity contribution is 0.122. The molecule has 0 N–H and O–H groups in total. The molecule has 0 saturated carbocycles. The quantitative estimate of drug-likeness (QED) is 0.813. The number of ether oxygens (including phenoxy) is 1. The van der Waals surface area contributed by atoms with Gasteiger partial charge in [-0.05, 0) is 11.6 Å². The van der Waals surface area contributed by atoms with E-state index in [9.17, 15) is 4.79 Å². The van der Waals surface area contributed by atoms with Gasteiger partial charge in [0, 0.05) is 64.0 Å². The summed E-state index contributed by atoms with van der Waals surface area (Å²) in [5, 5.41) is 0. The minimum atomic E-state index is 0.0345. The molecule has 4 heterocycles. The Hall–Kier alpha value is -2.25. The summed E-state index contributed by atoms with van der Waals surface area (Å²) in [6.07, 6.45) is 4.43. The lowest BCUT2D eigenvalue weighted by Gasteiger charge is -2.34. The lowest BCUT2D eigenvalue weighted by atomic mass is 10.0. The van der Waals surface area contributed by atoms with E-state index in [0.717, 1.165) is 69.4 Å². The number of pyridine rings is 1. The number of hydrogen-bond acceptors (Lipinski definition) is 6. The summed E-state index contributed by atoms with van der Waals surface area (Å²) in [7, 11) is 1.77. The largest absolute Gasteiger partial charge is 0.378 e. The van der Waals surface area contributed by atoms with Gasteiger partial charge in [-0.2, -0.15) is 0 Å². The van der Waals surface area contributed by atoms with Crippen molar-refractivity contribution in [3.63, 3.8) is 0 Å². The molecule has 0 unspecified atom stereocenters. The Labute approximate surface area is 146 Å². The third-order valence-corrected chi connectivity index (χ3v) is 4.94. The van der Waals surface area contributed by atoms with Crippen LogP contribution in [0.4, 0.5) is 5.82 Å². The van der Waals surface area contributed by atoms with Crippen LogP contribution in [-0.4, -0.2) is 52.3 Å². The predicted octanol–water partition coefficient (Wildman–Crippen LogP) is 0.570. The normalized spacial score (nSPS) is 18.2. The van der Waals surface area contributed by atoms with Gasteiger partial charge in [-0.1, -0.05) is 0 Å². The van der Waals surface area contributed by atoms with Crippen molar-refractivity contribution in [3.8, 4) is 0 Å². The highest BCUT2D eigenvalue weighted by atomic mass is 16.5. The van der Waals surface area contributed by atoms with E-state index < -0.39 is 0 Å². The number of morpholine rings is 1. The smallest absolute Gasteiger partial charge is 0.250 e. The molecule has 0 aromatic carbocycles. The maximum Gasteiger partial charge on any atom is 0.250 e. The van der Waals surface area contributed by atoms with Gasteiger partial charge in [-0.15, -0.1) is 0 Å². The molecule has 0 bridgehead atoms. The summed E-state index contributed by atoms with van der Waals surface area (Å²) in [4.78, 5) is 25.6. The summed E-state index contributed by atoms with van der Waals surface area (Å²) >= 11 is 0. The second-order valence-corrected chi connectivity index (χ2v) is 6.67. The highest BCUT2D eigenvalue weighted by Gasteiger charge is 2.24. The Balaban J connectivity index is 1.55. The van der Waals surface area contributed by atoms with Crippen molar-refractivity contribution in [3.05, 3.63) is 51.8 Å². The molecule has 132 valence electrons. The molecule has 1 saturated heterocycles.